The predicted molar refractivity (Wildman–Crippen MR) is 68.2 cm³/mol. The zero-order valence-electron chi connectivity index (χ0n) is 10.1. The van der Waals surface area contributed by atoms with Crippen LogP contribution in [-0.4, -0.2) is 24.7 Å². The molecule has 3 rings (SSSR count). The molecule has 1 aliphatic rings. The number of hydrogen-bond acceptors (Lipinski definition) is 3. The highest BCUT2D eigenvalue weighted by Crippen LogP contribution is 2.54. The summed E-state index contributed by atoms with van der Waals surface area (Å²) in [5.74, 6) is -0.333. The van der Waals surface area contributed by atoms with E-state index in [0.29, 0.717) is 5.56 Å². The third-order valence-corrected chi connectivity index (χ3v) is 4.09. The van der Waals surface area contributed by atoms with E-state index in [1.165, 1.54) is 18.5 Å². The van der Waals surface area contributed by atoms with Gasteiger partial charge in [-0.05, 0) is 30.5 Å². The zero-order valence-corrected chi connectivity index (χ0v) is 10.8. The number of halogens is 2. The number of rotatable bonds is 4. The molecule has 6 heteroatoms. The molecule has 0 amide bonds. The minimum absolute atomic E-state index is 0.333. The average molecular weight is 282 g/mol. The van der Waals surface area contributed by atoms with Crippen molar-refractivity contribution >= 4 is 11.6 Å². The van der Waals surface area contributed by atoms with Crippen LogP contribution in [0.2, 0.25) is 0 Å². The fourth-order valence-electron chi connectivity index (χ4n) is 2.28. The Balaban J connectivity index is 1.94. The summed E-state index contributed by atoms with van der Waals surface area (Å²) >= 11 is 6.46. The highest BCUT2D eigenvalue weighted by Gasteiger charge is 2.52. The van der Waals surface area contributed by atoms with E-state index in [0.717, 1.165) is 12.8 Å². The van der Waals surface area contributed by atoms with Gasteiger partial charge in [-0.1, -0.05) is 12.1 Å². The summed E-state index contributed by atoms with van der Waals surface area (Å²) < 4.78 is 14.5. The van der Waals surface area contributed by atoms with E-state index in [4.69, 9.17) is 11.6 Å². The van der Waals surface area contributed by atoms with Gasteiger partial charge in [-0.15, -0.1) is 11.6 Å². The van der Waals surface area contributed by atoms with Crippen LogP contribution in [0.15, 0.2) is 36.9 Å². The minimum Gasteiger partial charge on any atom is -0.386 e. The maximum absolute atomic E-state index is 12.9. The third kappa shape index (κ3) is 2.35. The maximum Gasteiger partial charge on any atom is 0.137 e. The van der Waals surface area contributed by atoms with Gasteiger partial charge in [0.15, 0.2) is 0 Å². The molecule has 2 atom stereocenters. The van der Waals surface area contributed by atoms with Crippen molar-refractivity contribution in [2.24, 2.45) is 0 Å². The summed E-state index contributed by atoms with van der Waals surface area (Å²) in [6.07, 6.45) is 3.74. The topological polar surface area (TPSA) is 50.9 Å². The van der Waals surface area contributed by atoms with Crippen molar-refractivity contribution in [2.75, 3.05) is 0 Å². The molecular weight excluding hydrogens is 269 g/mol. The van der Waals surface area contributed by atoms with Crippen LogP contribution in [0.3, 0.4) is 0 Å². The Kier molecular flexibility index (Phi) is 3.03. The lowest BCUT2D eigenvalue weighted by Crippen LogP contribution is -2.28. The van der Waals surface area contributed by atoms with E-state index in [2.05, 4.69) is 10.1 Å². The normalized spacial score (nSPS) is 19.9. The molecule has 4 nitrogen and oxygen atoms in total. The van der Waals surface area contributed by atoms with Gasteiger partial charge in [-0.2, -0.15) is 5.10 Å². The monoisotopic (exact) mass is 281 g/mol. The molecule has 19 heavy (non-hydrogen) atoms. The highest BCUT2D eigenvalue weighted by molar-refractivity contribution is 6.26. The molecule has 1 fully saturated rings. The van der Waals surface area contributed by atoms with E-state index in [1.54, 1.807) is 23.1 Å². The summed E-state index contributed by atoms with van der Waals surface area (Å²) in [4.78, 5) is 3.40. The lowest BCUT2D eigenvalue weighted by Gasteiger charge is -2.27. The van der Waals surface area contributed by atoms with Gasteiger partial charge in [0.2, 0.25) is 0 Å². The molecule has 0 bridgehead atoms. The first-order valence-electron chi connectivity index (χ1n) is 6.07. The molecule has 2 unspecified atom stereocenters. The number of aliphatic hydroxyl groups excluding tert-OH is 1. The van der Waals surface area contributed by atoms with Crippen LogP contribution in [0.25, 0.3) is 0 Å². The fraction of sp³-hybridized carbons (Fsp3) is 0.385. The van der Waals surface area contributed by atoms with Crippen LogP contribution >= 0.6 is 11.6 Å². The second-order valence-electron chi connectivity index (χ2n) is 4.85. The summed E-state index contributed by atoms with van der Waals surface area (Å²) in [6.45, 7) is 0. The van der Waals surface area contributed by atoms with Gasteiger partial charge in [0, 0.05) is 0 Å². The van der Waals surface area contributed by atoms with Crippen molar-refractivity contribution < 1.29 is 9.50 Å². The van der Waals surface area contributed by atoms with Crippen molar-refractivity contribution in [3.8, 4) is 0 Å². The van der Waals surface area contributed by atoms with E-state index in [-0.39, 0.29) is 5.82 Å². The molecule has 2 aromatic rings. The standard InChI is InChI=1S/C13H13ClFN3O/c14-13(5-6-13)12(18-8-16-7-17-18)11(19)9-1-3-10(15)4-2-9/h1-4,7-8,11-12,19H,5-6H2. The Morgan fingerprint density at radius 2 is 2.00 bits per heavy atom. The molecule has 1 saturated carbocycles. The molecule has 0 spiro atoms. The Hall–Kier alpha value is -1.46. The van der Waals surface area contributed by atoms with Crippen LogP contribution < -0.4 is 0 Å². The summed E-state index contributed by atoms with van der Waals surface area (Å²) in [5.41, 5.74) is 0.619. The van der Waals surface area contributed by atoms with Crippen molar-refractivity contribution in [2.45, 2.75) is 29.9 Å². The first-order valence-corrected chi connectivity index (χ1v) is 6.44. The van der Waals surface area contributed by atoms with Gasteiger partial charge in [0.1, 0.15) is 30.6 Å². The molecule has 100 valence electrons. The Bertz CT molecular complexity index is 554. The molecule has 1 N–H and O–H groups in total. The Labute approximate surface area is 114 Å². The maximum atomic E-state index is 12.9. The lowest BCUT2D eigenvalue weighted by atomic mass is 9.98. The third-order valence-electron chi connectivity index (χ3n) is 3.49. The molecule has 1 heterocycles. The van der Waals surface area contributed by atoms with Crippen molar-refractivity contribution in [3.63, 3.8) is 0 Å². The fourth-order valence-corrected chi connectivity index (χ4v) is 2.60. The van der Waals surface area contributed by atoms with Crippen molar-refractivity contribution in [1.82, 2.24) is 14.8 Å². The number of alkyl halides is 1. The van der Waals surface area contributed by atoms with E-state index in [9.17, 15) is 9.50 Å². The molecular formula is C13H13ClFN3O. The van der Waals surface area contributed by atoms with Gasteiger partial charge < -0.3 is 5.11 Å². The second kappa shape index (κ2) is 4.58. The quantitative estimate of drug-likeness (QED) is 0.876. The number of hydrogen-bond donors (Lipinski definition) is 1. The van der Waals surface area contributed by atoms with Crippen LogP contribution in [0, 0.1) is 5.82 Å². The number of nitrogens with zero attached hydrogens (tertiary/aromatic N) is 3. The molecule has 1 aromatic carbocycles. The molecule has 1 aromatic heterocycles. The molecule has 0 saturated heterocycles. The zero-order chi connectivity index (χ0) is 13.5. The summed E-state index contributed by atoms with van der Waals surface area (Å²) in [5, 5.41) is 14.6. The summed E-state index contributed by atoms with van der Waals surface area (Å²) in [7, 11) is 0. The Morgan fingerprint density at radius 1 is 1.32 bits per heavy atom. The number of aromatic nitrogens is 3. The first kappa shape index (κ1) is 12.6. The smallest absolute Gasteiger partial charge is 0.137 e. The Morgan fingerprint density at radius 3 is 2.53 bits per heavy atom. The molecule has 0 radical (unpaired) electrons. The SMILES string of the molecule is OC(c1ccc(F)cc1)C(n1cncn1)C1(Cl)CC1. The highest BCUT2D eigenvalue weighted by atomic mass is 35.5. The van der Waals surface area contributed by atoms with Crippen LogP contribution in [-0.2, 0) is 0 Å². The van der Waals surface area contributed by atoms with Crippen LogP contribution in [0.4, 0.5) is 4.39 Å². The van der Waals surface area contributed by atoms with E-state index < -0.39 is 17.0 Å². The largest absolute Gasteiger partial charge is 0.386 e. The lowest BCUT2D eigenvalue weighted by molar-refractivity contribution is 0.0990. The van der Waals surface area contributed by atoms with Gasteiger partial charge >= 0.3 is 0 Å². The van der Waals surface area contributed by atoms with Crippen molar-refractivity contribution in [1.29, 1.82) is 0 Å². The minimum atomic E-state index is -0.845. The number of aliphatic hydroxyl groups is 1. The van der Waals surface area contributed by atoms with Gasteiger partial charge in [-0.3, -0.25) is 0 Å². The number of benzene rings is 1. The average Bonchev–Trinajstić information content (AvgIpc) is 2.92. The predicted octanol–water partition coefficient (Wildman–Crippen LogP) is 2.46. The van der Waals surface area contributed by atoms with Gasteiger partial charge in [0.05, 0.1) is 4.87 Å². The van der Waals surface area contributed by atoms with Crippen molar-refractivity contribution in [3.05, 3.63) is 48.3 Å². The molecule has 0 aliphatic heterocycles. The van der Waals surface area contributed by atoms with E-state index in [1.807, 2.05) is 0 Å². The summed E-state index contributed by atoms with van der Waals surface area (Å²) in [6, 6.07) is 5.37. The first-order chi connectivity index (χ1) is 9.10. The van der Waals surface area contributed by atoms with Crippen LogP contribution in [0.5, 0.6) is 0 Å². The van der Waals surface area contributed by atoms with Crippen LogP contribution in [0.1, 0.15) is 30.6 Å². The van der Waals surface area contributed by atoms with Gasteiger partial charge in [0.25, 0.3) is 0 Å². The molecule has 1 aliphatic carbocycles. The van der Waals surface area contributed by atoms with Gasteiger partial charge in [-0.25, -0.2) is 14.1 Å². The van der Waals surface area contributed by atoms with E-state index >= 15 is 0 Å². The second-order valence-corrected chi connectivity index (χ2v) is 5.60.